The topological polar surface area (TPSA) is 105 Å². The third kappa shape index (κ3) is 4.75. The number of nitrogens with one attached hydrogen (secondary N) is 1. The van der Waals surface area contributed by atoms with Gasteiger partial charge in [0.15, 0.2) is 0 Å². The normalized spacial score (nSPS) is 19.5. The van der Waals surface area contributed by atoms with Crippen molar-refractivity contribution in [3.63, 3.8) is 0 Å². The number of benzene rings is 1. The van der Waals surface area contributed by atoms with Gasteiger partial charge in [-0.2, -0.15) is 0 Å². The van der Waals surface area contributed by atoms with Crippen LogP contribution in [0.1, 0.15) is 46.5 Å². The van der Waals surface area contributed by atoms with Crippen LogP contribution in [0.2, 0.25) is 0 Å². The van der Waals surface area contributed by atoms with Crippen LogP contribution in [0.15, 0.2) is 30.3 Å². The molecule has 1 spiro atoms. The highest BCUT2D eigenvalue weighted by molar-refractivity contribution is 5.93. The zero-order valence-electron chi connectivity index (χ0n) is 18.0. The van der Waals surface area contributed by atoms with Gasteiger partial charge in [0.25, 0.3) is 0 Å². The summed E-state index contributed by atoms with van der Waals surface area (Å²) in [6.07, 6.45) is 1.56. The van der Waals surface area contributed by atoms with Gasteiger partial charge in [-0.25, -0.2) is 0 Å². The van der Waals surface area contributed by atoms with Gasteiger partial charge in [0.1, 0.15) is 17.2 Å². The molecule has 8 nitrogen and oxygen atoms in total. The minimum absolute atomic E-state index is 0.0189. The van der Waals surface area contributed by atoms with E-state index < -0.39 is 23.2 Å². The van der Waals surface area contributed by atoms with Crippen molar-refractivity contribution in [1.82, 2.24) is 10.2 Å². The van der Waals surface area contributed by atoms with Gasteiger partial charge >= 0.3 is 5.97 Å². The molecule has 30 heavy (non-hydrogen) atoms. The molecule has 3 rings (SSSR count). The number of esters is 1. The van der Waals surface area contributed by atoms with Crippen molar-refractivity contribution >= 4 is 23.5 Å². The minimum atomic E-state index is -0.821. The summed E-state index contributed by atoms with van der Waals surface area (Å²) in [6.45, 7) is 6.81. The standard InChI is InChI=1S/C22H32N4O4/c1-21(2,3)30-19(28)17(23)9-10-18(27)25-13-11-22(12-14-25)20(29)24-15-26(22)16-7-5-4-6-8-16/h4-8,17H,9-15,23H2,1-3H3,(H,24,29). The molecule has 8 heteroatoms. The van der Waals surface area contributed by atoms with Crippen molar-refractivity contribution in [2.75, 3.05) is 24.7 Å². The zero-order valence-corrected chi connectivity index (χ0v) is 18.0. The molecule has 0 bridgehead atoms. The van der Waals surface area contributed by atoms with Crippen molar-refractivity contribution in [3.8, 4) is 0 Å². The van der Waals surface area contributed by atoms with Crippen molar-refractivity contribution < 1.29 is 19.1 Å². The molecule has 2 aliphatic heterocycles. The maximum absolute atomic E-state index is 12.7. The van der Waals surface area contributed by atoms with Crippen LogP contribution in [0, 0.1) is 0 Å². The van der Waals surface area contributed by atoms with Crippen molar-refractivity contribution in [1.29, 1.82) is 0 Å². The van der Waals surface area contributed by atoms with Crippen LogP contribution in [0.3, 0.4) is 0 Å². The largest absolute Gasteiger partial charge is 0.459 e. The van der Waals surface area contributed by atoms with Crippen LogP contribution in [-0.4, -0.2) is 59.6 Å². The Morgan fingerprint density at radius 2 is 1.83 bits per heavy atom. The summed E-state index contributed by atoms with van der Waals surface area (Å²) >= 11 is 0. The Hall–Kier alpha value is -2.61. The molecule has 1 aromatic rings. The molecule has 0 aromatic heterocycles. The number of para-hydroxylation sites is 1. The first-order valence-corrected chi connectivity index (χ1v) is 10.5. The maximum Gasteiger partial charge on any atom is 0.323 e. The Kier molecular flexibility index (Phi) is 6.36. The predicted octanol–water partition coefficient (Wildman–Crippen LogP) is 1.39. The summed E-state index contributed by atoms with van der Waals surface area (Å²) in [5.41, 5.74) is 5.67. The number of nitrogens with two attached hydrogens (primary N) is 1. The molecule has 1 unspecified atom stereocenters. The van der Waals surface area contributed by atoms with Crippen LogP contribution < -0.4 is 16.0 Å². The number of carbonyl (C=O) groups excluding carboxylic acids is 3. The van der Waals surface area contributed by atoms with Gasteiger partial charge in [-0.05, 0) is 52.2 Å². The number of anilines is 1. The van der Waals surface area contributed by atoms with E-state index in [1.807, 2.05) is 30.3 Å². The number of ether oxygens (including phenoxy) is 1. The molecule has 164 valence electrons. The Labute approximate surface area is 177 Å². The molecule has 0 aliphatic carbocycles. The average molecular weight is 417 g/mol. The Morgan fingerprint density at radius 1 is 1.20 bits per heavy atom. The molecule has 0 saturated carbocycles. The van der Waals surface area contributed by atoms with Crippen molar-refractivity contribution in [2.24, 2.45) is 5.73 Å². The number of piperidine rings is 1. The van der Waals surface area contributed by atoms with Gasteiger partial charge in [-0.3, -0.25) is 14.4 Å². The van der Waals surface area contributed by atoms with Gasteiger partial charge in [-0.15, -0.1) is 0 Å². The number of hydrogen-bond donors (Lipinski definition) is 2. The highest BCUT2D eigenvalue weighted by Gasteiger charge is 2.50. The highest BCUT2D eigenvalue weighted by atomic mass is 16.6. The fourth-order valence-corrected chi connectivity index (χ4v) is 4.09. The lowest BCUT2D eigenvalue weighted by Crippen LogP contribution is -2.57. The minimum Gasteiger partial charge on any atom is -0.459 e. The number of rotatable bonds is 5. The zero-order chi connectivity index (χ0) is 21.9. The number of nitrogens with zero attached hydrogens (tertiary/aromatic N) is 2. The average Bonchev–Trinajstić information content (AvgIpc) is 3.01. The second-order valence-electron chi connectivity index (χ2n) is 9.02. The molecule has 2 aliphatic rings. The lowest BCUT2D eigenvalue weighted by molar-refractivity contribution is -0.156. The lowest BCUT2D eigenvalue weighted by Gasteiger charge is -2.43. The molecule has 2 saturated heterocycles. The molecule has 1 atom stereocenters. The summed E-state index contributed by atoms with van der Waals surface area (Å²) < 4.78 is 5.27. The van der Waals surface area contributed by atoms with Gasteiger partial charge < -0.3 is 25.6 Å². The maximum atomic E-state index is 12.7. The first-order valence-electron chi connectivity index (χ1n) is 10.5. The number of carbonyl (C=O) groups is 3. The van der Waals surface area contributed by atoms with E-state index in [4.69, 9.17) is 10.5 Å². The predicted molar refractivity (Wildman–Crippen MR) is 114 cm³/mol. The number of hydrogen-bond acceptors (Lipinski definition) is 6. The van der Waals surface area contributed by atoms with Crippen molar-refractivity contribution in [2.45, 2.75) is 63.6 Å². The molecule has 0 radical (unpaired) electrons. The summed E-state index contributed by atoms with van der Waals surface area (Å²) in [5, 5.41) is 2.96. The molecule has 1 aromatic carbocycles. The third-order valence-electron chi connectivity index (χ3n) is 5.73. The van der Waals surface area contributed by atoms with E-state index in [2.05, 4.69) is 10.2 Å². The number of likely N-dealkylation sites (tertiary alicyclic amines) is 1. The summed E-state index contributed by atoms with van der Waals surface area (Å²) in [5.74, 6) is -0.520. The first-order chi connectivity index (χ1) is 14.1. The summed E-state index contributed by atoms with van der Waals surface area (Å²) in [7, 11) is 0. The summed E-state index contributed by atoms with van der Waals surface area (Å²) in [4.78, 5) is 41.2. The number of amides is 2. The Bertz CT molecular complexity index is 782. The molecular weight excluding hydrogens is 384 g/mol. The fraction of sp³-hybridized carbons (Fsp3) is 0.591. The highest BCUT2D eigenvalue weighted by Crippen LogP contribution is 2.36. The van der Waals surface area contributed by atoms with Gasteiger partial charge in [0.2, 0.25) is 11.8 Å². The Balaban J connectivity index is 1.55. The molecule has 2 amide bonds. The van der Waals surface area contributed by atoms with E-state index in [9.17, 15) is 14.4 Å². The molecule has 2 fully saturated rings. The van der Waals surface area contributed by atoms with E-state index in [-0.39, 0.29) is 24.7 Å². The summed E-state index contributed by atoms with van der Waals surface area (Å²) in [6, 6.07) is 9.04. The quantitative estimate of drug-likeness (QED) is 0.703. The van der Waals surface area contributed by atoms with Crippen LogP contribution in [0.5, 0.6) is 0 Å². The van der Waals surface area contributed by atoms with Gasteiger partial charge in [-0.1, -0.05) is 18.2 Å². The lowest BCUT2D eigenvalue weighted by atomic mass is 9.85. The van der Waals surface area contributed by atoms with Crippen LogP contribution >= 0.6 is 0 Å². The smallest absolute Gasteiger partial charge is 0.323 e. The first kappa shape index (κ1) is 22.1. The SMILES string of the molecule is CC(C)(C)OC(=O)C(N)CCC(=O)N1CCC2(CC1)C(=O)NCN2c1ccccc1. The van der Waals surface area contributed by atoms with Crippen molar-refractivity contribution in [3.05, 3.63) is 30.3 Å². The van der Waals surface area contributed by atoms with Crippen LogP contribution in [-0.2, 0) is 19.1 Å². The third-order valence-corrected chi connectivity index (χ3v) is 5.73. The van der Waals surface area contributed by atoms with Gasteiger partial charge in [0, 0.05) is 25.2 Å². The van der Waals surface area contributed by atoms with Crippen LogP contribution in [0.4, 0.5) is 5.69 Å². The molecule has 3 N–H and O–H groups in total. The molecule has 2 heterocycles. The Morgan fingerprint density at radius 3 is 2.43 bits per heavy atom. The monoisotopic (exact) mass is 416 g/mol. The van der Waals surface area contributed by atoms with E-state index >= 15 is 0 Å². The van der Waals surface area contributed by atoms with Crippen LogP contribution in [0.25, 0.3) is 0 Å². The second kappa shape index (κ2) is 8.63. The van der Waals surface area contributed by atoms with E-state index in [1.54, 1.807) is 25.7 Å². The van der Waals surface area contributed by atoms with E-state index in [0.29, 0.717) is 32.6 Å². The van der Waals surface area contributed by atoms with Gasteiger partial charge in [0.05, 0.1) is 6.67 Å². The fourth-order valence-electron chi connectivity index (χ4n) is 4.09. The second-order valence-corrected chi connectivity index (χ2v) is 9.02. The van der Waals surface area contributed by atoms with E-state index in [1.165, 1.54) is 0 Å². The van der Waals surface area contributed by atoms with E-state index in [0.717, 1.165) is 5.69 Å². The molecular formula is C22H32N4O4.